The molecule has 31 heavy (non-hydrogen) atoms. The molecule has 0 radical (unpaired) electrons. The number of anilines is 2. The van der Waals surface area contributed by atoms with E-state index in [4.69, 9.17) is 14.2 Å². The Morgan fingerprint density at radius 3 is 2.71 bits per heavy atom. The van der Waals surface area contributed by atoms with E-state index in [1.165, 1.54) is 7.11 Å². The van der Waals surface area contributed by atoms with Gasteiger partial charge in [-0.25, -0.2) is 9.78 Å². The number of rotatable bonds is 6. The van der Waals surface area contributed by atoms with E-state index in [0.29, 0.717) is 53.6 Å². The van der Waals surface area contributed by atoms with Crippen LogP contribution in [0.15, 0.2) is 35.1 Å². The van der Waals surface area contributed by atoms with Crippen LogP contribution in [0.1, 0.15) is 11.1 Å². The van der Waals surface area contributed by atoms with Crippen LogP contribution in [0.5, 0.6) is 11.5 Å². The molecule has 1 fully saturated rings. The molecule has 1 aromatic heterocycles. The molecule has 2 aromatic carbocycles. The van der Waals surface area contributed by atoms with Crippen molar-refractivity contribution in [3.05, 3.63) is 51.8 Å². The van der Waals surface area contributed by atoms with E-state index in [0.717, 1.165) is 11.3 Å². The van der Waals surface area contributed by atoms with Crippen LogP contribution in [0, 0.1) is 6.92 Å². The highest BCUT2D eigenvalue weighted by Gasteiger charge is 2.23. The molecule has 4 rings (SSSR count). The normalized spacial score (nSPS) is 13.4. The highest BCUT2D eigenvalue weighted by molar-refractivity contribution is 5.89. The van der Waals surface area contributed by atoms with Gasteiger partial charge in [-0.05, 0) is 24.6 Å². The molecule has 0 aliphatic carbocycles. The molecule has 0 spiro atoms. The van der Waals surface area contributed by atoms with Gasteiger partial charge in [0.1, 0.15) is 6.61 Å². The van der Waals surface area contributed by atoms with Crippen molar-refractivity contribution in [2.45, 2.75) is 13.5 Å². The van der Waals surface area contributed by atoms with E-state index in [-0.39, 0.29) is 11.7 Å². The molecular formula is C22H24N4O5. The average molecular weight is 424 g/mol. The lowest BCUT2D eigenvalue weighted by atomic mass is 10.1. The summed E-state index contributed by atoms with van der Waals surface area (Å²) in [7, 11) is 4.93. The Bertz CT molecular complexity index is 1210. The summed E-state index contributed by atoms with van der Waals surface area (Å²) in [5.41, 5.74) is 2.69. The van der Waals surface area contributed by atoms with Crippen molar-refractivity contribution >= 4 is 28.6 Å². The number of benzene rings is 2. The maximum atomic E-state index is 12.8. The first-order valence-corrected chi connectivity index (χ1v) is 9.83. The van der Waals surface area contributed by atoms with Crippen LogP contribution in [-0.2, 0) is 11.3 Å². The number of aromatic nitrogens is 2. The minimum Gasteiger partial charge on any atom is -0.493 e. The number of ether oxygens (including phenoxy) is 3. The zero-order valence-electron chi connectivity index (χ0n) is 17.9. The van der Waals surface area contributed by atoms with Crippen LogP contribution < -0.4 is 24.8 Å². The third kappa shape index (κ3) is 3.74. The molecule has 2 heterocycles. The van der Waals surface area contributed by atoms with Crippen molar-refractivity contribution in [1.29, 1.82) is 0 Å². The maximum Gasteiger partial charge on any atom is 0.414 e. The molecule has 9 nitrogen and oxygen atoms in total. The predicted octanol–water partition coefficient (Wildman–Crippen LogP) is 2.84. The van der Waals surface area contributed by atoms with Gasteiger partial charge in [0.2, 0.25) is 5.95 Å². The summed E-state index contributed by atoms with van der Waals surface area (Å²) < 4.78 is 15.8. The van der Waals surface area contributed by atoms with E-state index in [2.05, 4.69) is 9.97 Å². The number of H-pyrrole nitrogens is 1. The lowest BCUT2D eigenvalue weighted by Gasteiger charge is -2.20. The van der Waals surface area contributed by atoms with Crippen LogP contribution in [0.25, 0.3) is 10.9 Å². The zero-order valence-corrected chi connectivity index (χ0v) is 17.9. The van der Waals surface area contributed by atoms with Gasteiger partial charge in [-0.15, -0.1) is 0 Å². The number of aryl methyl sites for hydroxylation is 1. The van der Waals surface area contributed by atoms with Crippen molar-refractivity contribution < 1.29 is 19.0 Å². The minimum absolute atomic E-state index is 0.251. The van der Waals surface area contributed by atoms with Crippen molar-refractivity contribution in [2.24, 2.45) is 0 Å². The van der Waals surface area contributed by atoms with Crippen LogP contribution >= 0.6 is 0 Å². The standard InChI is InChI=1S/C22H24N4O5/c1-13-18-16(11-17(29-3)19(13)30-4)23-21(24-20(18)27)25(2)12-14-6-5-7-15(10-14)26-8-9-31-22(26)28/h5-7,10-11H,8-9,12H2,1-4H3,(H,23,24,27). The molecule has 1 aliphatic rings. The minimum atomic E-state index is -0.342. The highest BCUT2D eigenvalue weighted by Crippen LogP contribution is 2.35. The van der Waals surface area contributed by atoms with Gasteiger partial charge in [-0.1, -0.05) is 12.1 Å². The Kier molecular flexibility index (Phi) is 5.41. The van der Waals surface area contributed by atoms with Gasteiger partial charge in [0.05, 0.1) is 31.7 Å². The lowest BCUT2D eigenvalue weighted by Crippen LogP contribution is -2.25. The monoisotopic (exact) mass is 424 g/mol. The van der Waals surface area contributed by atoms with Gasteiger partial charge in [0.15, 0.2) is 11.5 Å². The Morgan fingerprint density at radius 2 is 2.03 bits per heavy atom. The van der Waals surface area contributed by atoms with Gasteiger partial charge in [0, 0.05) is 30.9 Å². The number of amides is 1. The summed E-state index contributed by atoms with van der Waals surface area (Å²) >= 11 is 0. The van der Waals surface area contributed by atoms with Crippen LogP contribution in [0.3, 0.4) is 0 Å². The second-order valence-electron chi connectivity index (χ2n) is 7.31. The molecule has 1 N–H and O–H groups in total. The molecule has 1 saturated heterocycles. The smallest absolute Gasteiger partial charge is 0.414 e. The molecule has 1 aliphatic heterocycles. The molecule has 162 valence electrons. The van der Waals surface area contributed by atoms with E-state index in [1.807, 2.05) is 36.2 Å². The SMILES string of the molecule is COc1cc2nc(N(C)Cc3cccc(N4CCOC4=O)c3)[nH]c(=O)c2c(C)c1OC. The van der Waals surface area contributed by atoms with Gasteiger partial charge in [-0.2, -0.15) is 0 Å². The quantitative estimate of drug-likeness (QED) is 0.650. The number of fused-ring (bicyclic) bond motifs is 1. The molecule has 9 heteroatoms. The number of carbonyl (C=O) groups is 1. The van der Waals surface area contributed by atoms with Crippen LogP contribution in [0.4, 0.5) is 16.4 Å². The van der Waals surface area contributed by atoms with Gasteiger partial charge >= 0.3 is 6.09 Å². The van der Waals surface area contributed by atoms with Gasteiger partial charge < -0.3 is 19.1 Å². The first-order chi connectivity index (χ1) is 14.9. The summed E-state index contributed by atoms with van der Waals surface area (Å²) in [6, 6.07) is 9.35. The number of aromatic amines is 1. The first-order valence-electron chi connectivity index (χ1n) is 9.83. The Hall–Kier alpha value is -3.75. The van der Waals surface area contributed by atoms with E-state index >= 15 is 0 Å². The van der Waals surface area contributed by atoms with E-state index in [1.54, 1.807) is 25.0 Å². The maximum absolute atomic E-state index is 12.8. The summed E-state index contributed by atoms with van der Waals surface area (Å²) in [6.07, 6.45) is -0.342. The third-order valence-corrected chi connectivity index (χ3v) is 5.33. The number of cyclic esters (lactones) is 1. The second-order valence-corrected chi connectivity index (χ2v) is 7.31. The van der Waals surface area contributed by atoms with E-state index < -0.39 is 0 Å². The number of methoxy groups -OCH3 is 2. The van der Waals surface area contributed by atoms with Crippen molar-refractivity contribution in [2.75, 3.05) is 44.2 Å². The fraction of sp³-hybridized carbons (Fsp3) is 0.318. The molecule has 3 aromatic rings. The van der Waals surface area contributed by atoms with Crippen LogP contribution in [-0.4, -0.2) is 50.5 Å². The molecular weight excluding hydrogens is 400 g/mol. The fourth-order valence-corrected chi connectivity index (χ4v) is 3.82. The molecule has 0 atom stereocenters. The van der Waals surface area contributed by atoms with Crippen molar-refractivity contribution in [3.8, 4) is 11.5 Å². The lowest BCUT2D eigenvalue weighted by molar-refractivity contribution is 0.181. The topological polar surface area (TPSA) is 97.0 Å². The van der Waals surface area contributed by atoms with Gasteiger partial charge in [0.25, 0.3) is 5.56 Å². The third-order valence-electron chi connectivity index (χ3n) is 5.33. The zero-order chi connectivity index (χ0) is 22.1. The average Bonchev–Trinajstić information content (AvgIpc) is 3.19. The number of nitrogens with zero attached hydrogens (tertiary/aromatic N) is 3. The molecule has 0 unspecified atom stereocenters. The number of hydrogen-bond donors (Lipinski definition) is 1. The molecule has 0 saturated carbocycles. The predicted molar refractivity (Wildman–Crippen MR) is 117 cm³/mol. The summed E-state index contributed by atoms with van der Waals surface area (Å²) in [5, 5.41) is 0.462. The Morgan fingerprint density at radius 1 is 1.23 bits per heavy atom. The summed E-state index contributed by atoms with van der Waals surface area (Å²) in [6.45, 7) is 3.21. The molecule has 1 amide bonds. The molecule has 0 bridgehead atoms. The number of carbonyl (C=O) groups excluding carboxylic acids is 1. The van der Waals surface area contributed by atoms with Crippen molar-refractivity contribution in [1.82, 2.24) is 9.97 Å². The van der Waals surface area contributed by atoms with Crippen LogP contribution in [0.2, 0.25) is 0 Å². The second kappa shape index (κ2) is 8.17. The largest absolute Gasteiger partial charge is 0.493 e. The first kappa shape index (κ1) is 20.5. The van der Waals surface area contributed by atoms with Crippen molar-refractivity contribution in [3.63, 3.8) is 0 Å². The number of hydrogen-bond acceptors (Lipinski definition) is 7. The summed E-state index contributed by atoms with van der Waals surface area (Å²) in [5.74, 6) is 1.46. The summed E-state index contributed by atoms with van der Waals surface area (Å²) in [4.78, 5) is 35.6. The Labute approximate surface area is 179 Å². The van der Waals surface area contributed by atoms with E-state index in [9.17, 15) is 9.59 Å². The Balaban J connectivity index is 1.66. The fourth-order valence-electron chi connectivity index (χ4n) is 3.82. The number of nitrogens with one attached hydrogen (secondary N) is 1. The van der Waals surface area contributed by atoms with Gasteiger partial charge in [-0.3, -0.25) is 14.7 Å². The highest BCUT2D eigenvalue weighted by atomic mass is 16.6.